The lowest BCUT2D eigenvalue weighted by atomic mass is 9.80. The van der Waals surface area contributed by atoms with Crippen LogP contribution in [0.5, 0.6) is 0 Å². The van der Waals surface area contributed by atoms with Crippen molar-refractivity contribution in [1.29, 1.82) is 0 Å². The number of hydrogen-bond donors (Lipinski definition) is 5. The quantitative estimate of drug-likeness (QED) is 0.305. The van der Waals surface area contributed by atoms with Gasteiger partial charge in [0.1, 0.15) is 12.1 Å². The molecule has 0 radical (unpaired) electrons. The summed E-state index contributed by atoms with van der Waals surface area (Å²) in [7, 11) is 0. The summed E-state index contributed by atoms with van der Waals surface area (Å²) in [6.45, 7) is 15.8. The maximum atomic E-state index is 13.9. The van der Waals surface area contributed by atoms with E-state index in [1.807, 2.05) is 41.5 Å². The number of ketones is 1. The minimum absolute atomic E-state index is 0.0530. The summed E-state index contributed by atoms with van der Waals surface area (Å²) in [4.78, 5) is 54.6. The summed E-state index contributed by atoms with van der Waals surface area (Å²) in [5.41, 5.74) is 4.27. The summed E-state index contributed by atoms with van der Waals surface area (Å²) >= 11 is 0. The van der Waals surface area contributed by atoms with Gasteiger partial charge in [0.05, 0.1) is 6.04 Å². The third-order valence-electron chi connectivity index (χ3n) is 8.38. The molecule has 0 spiro atoms. The highest BCUT2D eigenvalue weighted by molar-refractivity contribution is 5.96. The summed E-state index contributed by atoms with van der Waals surface area (Å²) in [5, 5.41) is 18.3. The number of amides is 4. The van der Waals surface area contributed by atoms with Gasteiger partial charge in [-0.2, -0.15) is 0 Å². The lowest BCUT2D eigenvalue weighted by Gasteiger charge is -2.38. The minimum Gasteiger partial charge on any atom is -0.371 e. The Bertz CT molecular complexity index is 915. The summed E-state index contributed by atoms with van der Waals surface area (Å²) < 4.78 is 0. The van der Waals surface area contributed by atoms with Crippen LogP contribution in [-0.2, 0) is 14.4 Å². The van der Waals surface area contributed by atoms with E-state index in [4.69, 9.17) is 5.73 Å². The van der Waals surface area contributed by atoms with Crippen LogP contribution in [0.15, 0.2) is 0 Å². The number of nitrogens with one attached hydrogen (secondary N) is 3. The zero-order chi connectivity index (χ0) is 28.1. The van der Waals surface area contributed by atoms with E-state index in [2.05, 4.69) is 29.8 Å². The van der Waals surface area contributed by atoms with Gasteiger partial charge >= 0.3 is 6.03 Å². The number of carbonyl (C=O) groups is 4. The van der Waals surface area contributed by atoms with Crippen molar-refractivity contribution in [3.8, 4) is 0 Å². The predicted molar refractivity (Wildman–Crippen MR) is 140 cm³/mol. The summed E-state index contributed by atoms with van der Waals surface area (Å²) in [6, 6.07) is -2.97. The van der Waals surface area contributed by atoms with Gasteiger partial charge in [0, 0.05) is 12.1 Å². The number of urea groups is 1. The third kappa shape index (κ3) is 6.45. The van der Waals surface area contributed by atoms with Crippen molar-refractivity contribution in [2.75, 3.05) is 6.54 Å². The number of aliphatic hydroxyl groups excluding tert-OH is 1. The highest BCUT2D eigenvalue weighted by atomic mass is 16.3. The second kappa shape index (κ2) is 10.2. The number of Topliss-reactive ketones (excluding diaryl/α,β-unsaturated/α-hetero) is 1. The maximum Gasteiger partial charge on any atom is 0.315 e. The molecule has 6 atom stereocenters. The molecule has 10 nitrogen and oxygen atoms in total. The van der Waals surface area contributed by atoms with Crippen molar-refractivity contribution in [2.24, 2.45) is 34.3 Å². The van der Waals surface area contributed by atoms with Crippen molar-refractivity contribution in [3.63, 3.8) is 0 Å². The van der Waals surface area contributed by atoms with Crippen molar-refractivity contribution in [2.45, 2.75) is 111 Å². The molecule has 3 rings (SSSR count). The van der Waals surface area contributed by atoms with E-state index in [9.17, 15) is 24.3 Å². The van der Waals surface area contributed by atoms with Crippen molar-refractivity contribution >= 4 is 23.6 Å². The average Bonchev–Trinajstić information content (AvgIpc) is 3.06. The van der Waals surface area contributed by atoms with E-state index < -0.39 is 53.0 Å². The third-order valence-corrected chi connectivity index (χ3v) is 8.38. The fourth-order valence-electron chi connectivity index (χ4n) is 5.91. The van der Waals surface area contributed by atoms with Gasteiger partial charge < -0.3 is 26.0 Å². The Hall–Kier alpha value is -2.20. The fourth-order valence-corrected chi connectivity index (χ4v) is 5.91. The van der Waals surface area contributed by atoms with Gasteiger partial charge in [0.15, 0.2) is 12.0 Å². The molecule has 3 fully saturated rings. The molecule has 4 amide bonds. The fraction of sp³-hybridized carbons (Fsp3) is 0.852. The first-order valence-electron chi connectivity index (χ1n) is 13.5. The molecule has 37 heavy (non-hydrogen) atoms. The van der Waals surface area contributed by atoms with E-state index in [0.717, 1.165) is 19.3 Å². The molecule has 6 N–H and O–H groups in total. The number of carbonyl (C=O) groups excluding carboxylic acids is 4. The van der Waals surface area contributed by atoms with Crippen molar-refractivity contribution in [3.05, 3.63) is 0 Å². The monoisotopic (exact) mass is 521 g/mol. The highest BCUT2D eigenvalue weighted by Crippen LogP contribution is 2.65. The Morgan fingerprint density at radius 2 is 1.65 bits per heavy atom. The van der Waals surface area contributed by atoms with Gasteiger partial charge in [-0.05, 0) is 55.8 Å². The second-order valence-corrected chi connectivity index (χ2v) is 14.0. The van der Waals surface area contributed by atoms with E-state index in [1.54, 1.807) is 4.90 Å². The number of aliphatic hydroxyl groups is 1. The molecule has 210 valence electrons. The molecule has 2 unspecified atom stereocenters. The predicted octanol–water partition coefficient (Wildman–Crippen LogP) is 1.50. The van der Waals surface area contributed by atoms with E-state index in [1.165, 1.54) is 0 Å². The molecular weight excluding hydrogens is 474 g/mol. The molecule has 2 saturated carbocycles. The van der Waals surface area contributed by atoms with Crippen LogP contribution in [-0.4, -0.2) is 70.1 Å². The Labute approximate surface area is 220 Å². The summed E-state index contributed by atoms with van der Waals surface area (Å²) in [6.07, 6.45) is 1.78. The zero-order valence-corrected chi connectivity index (χ0v) is 23.7. The van der Waals surface area contributed by atoms with Crippen LogP contribution in [0.25, 0.3) is 0 Å². The van der Waals surface area contributed by atoms with Gasteiger partial charge in [-0.1, -0.05) is 53.9 Å². The Morgan fingerprint density at radius 1 is 1.05 bits per heavy atom. The van der Waals surface area contributed by atoms with Gasteiger partial charge in [0.25, 0.3) is 0 Å². The number of fused-ring (bicyclic) bond motifs is 1. The number of nitrogens with two attached hydrogens (primary N) is 1. The second-order valence-electron chi connectivity index (χ2n) is 14.0. The zero-order valence-electron chi connectivity index (χ0n) is 23.7. The molecule has 0 aromatic rings. The number of rotatable bonds is 8. The number of hydrogen-bond acceptors (Lipinski definition) is 6. The molecular formula is C27H47N5O5. The molecule has 1 aliphatic heterocycles. The van der Waals surface area contributed by atoms with Gasteiger partial charge in [-0.25, -0.2) is 4.79 Å². The molecule has 3 aliphatic rings. The van der Waals surface area contributed by atoms with E-state index in [-0.39, 0.29) is 23.2 Å². The Balaban J connectivity index is 1.83. The summed E-state index contributed by atoms with van der Waals surface area (Å²) in [5.74, 6) is -0.942. The van der Waals surface area contributed by atoms with Crippen LogP contribution >= 0.6 is 0 Å². The largest absolute Gasteiger partial charge is 0.371 e. The number of likely N-dealkylation sites (tertiary alicyclic amines) is 1. The smallest absolute Gasteiger partial charge is 0.315 e. The maximum absolute atomic E-state index is 13.9. The van der Waals surface area contributed by atoms with Crippen molar-refractivity contribution in [1.82, 2.24) is 20.9 Å². The van der Waals surface area contributed by atoms with E-state index >= 15 is 0 Å². The topological polar surface area (TPSA) is 154 Å². The lowest BCUT2D eigenvalue weighted by molar-refractivity contribution is -0.144. The van der Waals surface area contributed by atoms with Crippen LogP contribution in [0.4, 0.5) is 4.79 Å². The van der Waals surface area contributed by atoms with Crippen molar-refractivity contribution < 1.29 is 24.3 Å². The van der Waals surface area contributed by atoms with Gasteiger partial charge in [0.2, 0.25) is 11.8 Å². The normalized spacial score (nSPS) is 27.3. The SMILES string of the molecule is CC(C)(C)NC(=O)N[C@H](C(=O)N1C[C@H]2[C@@H]([C@H]1C(=O)NC(CC1CCC1)C(=O)C(N)O)C2(C)C)C(C)(C)C. The first kappa shape index (κ1) is 29.4. The molecule has 1 heterocycles. The average molecular weight is 522 g/mol. The minimum atomic E-state index is -1.67. The van der Waals surface area contributed by atoms with Crippen LogP contribution in [0.2, 0.25) is 0 Å². The molecule has 2 aliphatic carbocycles. The number of piperidine rings is 1. The van der Waals surface area contributed by atoms with Gasteiger partial charge in [-0.15, -0.1) is 0 Å². The molecule has 0 bridgehead atoms. The Kier molecular flexibility index (Phi) is 8.07. The molecule has 10 heteroatoms. The molecule has 0 aromatic carbocycles. The highest BCUT2D eigenvalue weighted by Gasteiger charge is 2.70. The van der Waals surface area contributed by atoms with Crippen LogP contribution in [0.3, 0.4) is 0 Å². The lowest BCUT2D eigenvalue weighted by Crippen LogP contribution is -2.62. The standard InChI is InChI=1S/C27H47N5O5/c1-25(2,3)20(30-24(37)31-26(4,5)6)23(36)32-13-15-17(27(15,7)8)18(32)22(35)29-16(19(33)21(28)34)12-14-10-9-11-14/h14-18,20-21,34H,9-13,28H2,1-8H3,(H,29,35)(H2,30,31,37)/t15-,16?,17-,18-,20+,21?/m0/s1. The van der Waals surface area contributed by atoms with Crippen LogP contribution in [0, 0.1) is 28.6 Å². The first-order chi connectivity index (χ1) is 16.8. The van der Waals surface area contributed by atoms with Gasteiger partial charge in [-0.3, -0.25) is 20.1 Å². The molecule has 1 saturated heterocycles. The first-order valence-corrected chi connectivity index (χ1v) is 13.5. The number of nitrogens with zero attached hydrogens (tertiary/aromatic N) is 1. The molecule has 0 aromatic heterocycles. The Morgan fingerprint density at radius 3 is 2.11 bits per heavy atom. The van der Waals surface area contributed by atoms with Crippen LogP contribution < -0.4 is 21.7 Å². The van der Waals surface area contributed by atoms with Crippen LogP contribution in [0.1, 0.15) is 81.1 Å². The van der Waals surface area contributed by atoms with E-state index in [0.29, 0.717) is 18.9 Å².